The van der Waals surface area contributed by atoms with E-state index >= 15 is 0 Å². The molecular weight excluding hydrogens is 200 g/mol. The minimum absolute atomic E-state index is 0.290. The number of nitrogens with zero attached hydrogens (tertiary/aromatic N) is 1. The van der Waals surface area contributed by atoms with Crippen molar-refractivity contribution < 1.29 is 4.79 Å². The first-order valence-electron chi connectivity index (χ1n) is 6.29. The SMILES string of the molecule is C=CCCCN(C)C(=O)CC1CCCNC1. The molecule has 0 aromatic rings. The van der Waals surface area contributed by atoms with Gasteiger partial charge in [0.2, 0.25) is 5.91 Å². The Morgan fingerprint density at radius 1 is 1.62 bits per heavy atom. The fraction of sp³-hybridized carbons (Fsp3) is 0.769. The molecule has 1 unspecified atom stereocenters. The van der Waals surface area contributed by atoms with Crippen LogP contribution < -0.4 is 5.32 Å². The fourth-order valence-electron chi connectivity index (χ4n) is 2.10. The van der Waals surface area contributed by atoms with E-state index in [1.165, 1.54) is 12.8 Å². The van der Waals surface area contributed by atoms with Crippen LogP contribution in [-0.2, 0) is 4.79 Å². The molecule has 16 heavy (non-hydrogen) atoms. The minimum Gasteiger partial charge on any atom is -0.346 e. The standard InChI is InChI=1S/C13H24N2O/c1-3-4-5-9-15(2)13(16)10-12-7-6-8-14-11-12/h3,12,14H,1,4-11H2,2H3. The highest BCUT2D eigenvalue weighted by Crippen LogP contribution is 2.15. The summed E-state index contributed by atoms with van der Waals surface area (Å²) < 4.78 is 0. The van der Waals surface area contributed by atoms with E-state index in [-0.39, 0.29) is 5.91 Å². The second-order valence-electron chi connectivity index (χ2n) is 4.66. The van der Waals surface area contributed by atoms with Gasteiger partial charge >= 0.3 is 0 Å². The Morgan fingerprint density at radius 3 is 3.06 bits per heavy atom. The summed E-state index contributed by atoms with van der Waals surface area (Å²) in [5.41, 5.74) is 0. The first kappa shape index (κ1) is 13.2. The smallest absolute Gasteiger partial charge is 0.222 e. The third-order valence-corrected chi connectivity index (χ3v) is 3.19. The van der Waals surface area contributed by atoms with Crippen LogP contribution in [0.5, 0.6) is 0 Å². The molecule has 1 aliphatic heterocycles. The normalized spacial score (nSPS) is 20.4. The average molecular weight is 224 g/mol. The molecular formula is C13H24N2O. The third kappa shape index (κ3) is 4.79. The van der Waals surface area contributed by atoms with Crippen molar-refractivity contribution in [3.05, 3.63) is 12.7 Å². The van der Waals surface area contributed by atoms with Crippen molar-refractivity contribution >= 4 is 5.91 Å². The van der Waals surface area contributed by atoms with Gasteiger partial charge in [0.05, 0.1) is 0 Å². The lowest BCUT2D eigenvalue weighted by Crippen LogP contribution is -2.35. The number of piperidine rings is 1. The molecule has 0 aromatic carbocycles. The Kier molecular flexibility index (Phi) is 6.16. The molecule has 1 saturated heterocycles. The number of allylic oxidation sites excluding steroid dienone is 1. The number of unbranched alkanes of at least 4 members (excludes halogenated alkanes) is 1. The summed E-state index contributed by atoms with van der Waals surface area (Å²) in [6, 6.07) is 0. The molecule has 1 aliphatic rings. The van der Waals surface area contributed by atoms with Gasteiger partial charge in [-0.15, -0.1) is 6.58 Å². The second-order valence-corrected chi connectivity index (χ2v) is 4.66. The van der Waals surface area contributed by atoms with E-state index in [0.717, 1.165) is 32.5 Å². The minimum atomic E-state index is 0.290. The number of amides is 1. The summed E-state index contributed by atoms with van der Waals surface area (Å²) >= 11 is 0. The Bertz CT molecular complexity index is 222. The molecule has 1 amide bonds. The number of carbonyl (C=O) groups excluding carboxylic acids is 1. The summed E-state index contributed by atoms with van der Waals surface area (Å²) in [6.07, 6.45) is 7.02. The Hall–Kier alpha value is -0.830. The van der Waals surface area contributed by atoms with Crippen molar-refractivity contribution in [3.8, 4) is 0 Å². The number of hydrogen-bond acceptors (Lipinski definition) is 2. The lowest BCUT2D eigenvalue weighted by atomic mass is 9.95. The molecule has 92 valence electrons. The zero-order chi connectivity index (χ0) is 11.8. The van der Waals surface area contributed by atoms with Crippen LogP contribution in [0.25, 0.3) is 0 Å². The number of carbonyl (C=O) groups is 1. The molecule has 1 heterocycles. The maximum atomic E-state index is 11.9. The van der Waals surface area contributed by atoms with Crippen LogP contribution in [0.1, 0.15) is 32.1 Å². The molecule has 0 spiro atoms. The van der Waals surface area contributed by atoms with Gasteiger partial charge in [0, 0.05) is 20.0 Å². The van der Waals surface area contributed by atoms with Crippen molar-refractivity contribution in [1.82, 2.24) is 10.2 Å². The highest BCUT2D eigenvalue weighted by Gasteiger charge is 2.18. The van der Waals surface area contributed by atoms with Crippen LogP contribution in [0.3, 0.4) is 0 Å². The van der Waals surface area contributed by atoms with Crippen molar-refractivity contribution in [2.45, 2.75) is 32.1 Å². The monoisotopic (exact) mass is 224 g/mol. The first-order chi connectivity index (χ1) is 7.74. The predicted molar refractivity (Wildman–Crippen MR) is 67.3 cm³/mol. The van der Waals surface area contributed by atoms with Gasteiger partial charge in [-0.05, 0) is 44.7 Å². The van der Waals surface area contributed by atoms with Gasteiger partial charge in [0.25, 0.3) is 0 Å². The third-order valence-electron chi connectivity index (χ3n) is 3.19. The van der Waals surface area contributed by atoms with Crippen LogP contribution >= 0.6 is 0 Å². The molecule has 0 bridgehead atoms. The summed E-state index contributed by atoms with van der Waals surface area (Å²) in [4.78, 5) is 13.7. The summed E-state index contributed by atoms with van der Waals surface area (Å²) in [6.45, 7) is 6.65. The van der Waals surface area contributed by atoms with Crippen LogP contribution in [0.2, 0.25) is 0 Å². The Morgan fingerprint density at radius 2 is 2.44 bits per heavy atom. The topological polar surface area (TPSA) is 32.3 Å². The lowest BCUT2D eigenvalue weighted by Gasteiger charge is -2.25. The molecule has 0 radical (unpaired) electrons. The van der Waals surface area contributed by atoms with Gasteiger partial charge in [-0.2, -0.15) is 0 Å². The van der Waals surface area contributed by atoms with Gasteiger partial charge in [0.1, 0.15) is 0 Å². The molecule has 0 saturated carbocycles. The second kappa shape index (κ2) is 7.44. The van der Waals surface area contributed by atoms with Crippen LogP contribution in [-0.4, -0.2) is 37.5 Å². The van der Waals surface area contributed by atoms with Crippen molar-refractivity contribution in [2.75, 3.05) is 26.7 Å². The summed E-state index contributed by atoms with van der Waals surface area (Å²) in [5, 5.41) is 3.35. The molecule has 1 fully saturated rings. The lowest BCUT2D eigenvalue weighted by molar-refractivity contribution is -0.131. The number of hydrogen-bond donors (Lipinski definition) is 1. The van der Waals surface area contributed by atoms with Crippen molar-refractivity contribution in [3.63, 3.8) is 0 Å². The largest absolute Gasteiger partial charge is 0.346 e. The Labute approximate surface area is 98.9 Å². The number of nitrogens with one attached hydrogen (secondary N) is 1. The highest BCUT2D eigenvalue weighted by atomic mass is 16.2. The quantitative estimate of drug-likeness (QED) is 0.551. The van der Waals surface area contributed by atoms with E-state index < -0.39 is 0 Å². The zero-order valence-corrected chi connectivity index (χ0v) is 10.4. The fourth-order valence-corrected chi connectivity index (χ4v) is 2.10. The summed E-state index contributed by atoms with van der Waals surface area (Å²) in [5.74, 6) is 0.834. The molecule has 1 N–H and O–H groups in total. The highest BCUT2D eigenvalue weighted by molar-refractivity contribution is 5.76. The van der Waals surface area contributed by atoms with Gasteiger partial charge < -0.3 is 10.2 Å². The summed E-state index contributed by atoms with van der Waals surface area (Å²) in [7, 11) is 1.90. The van der Waals surface area contributed by atoms with E-state index in [1.807, 2.05) is 18.0 Å². The van der Waals surface area contributed by atoms with Crippen molar-refractivity contribution in [2.24, 2.45) is 5.92 Å². The average Bonchev–Trinajstić information content (AvgIpc) is 2.30. The van der Waals surface area contributed by atoms with E-state index in [1.54, 1.807) is 0 Å². The first-order valence-corrected chi connectivity index (χ1v) is 6.29. The molecule has 1 rings (SSSR count). The van der Waals surface area contributed by atoms with E-state index in [2.05, 4.69) is 11.9 Å². The van der Waals surface area contributed by atoms with Crippen LogP contribution in [0, 0.1) is 5.92 Å². The van der Waals surface area contributed by atoms with Gasteiger partial charge in [0.15, 0.2) is 0 Å². The number of rotatable bonds is 6. The van der Waals surface area contributed by atoms with Gasteiger partial charge in [-0.25, -0.2) is 0 Å². The molecule has 3 heteroatoms. The molecule has 3 nitrogen and oxygen atoms in total. The van der Waals surface area contributed by atoms with E-state index in [4.69, 9.17) is 0 Å². The van der Waals surface area contributed by atoms with Crippen molar-refractivity contribution in [1.29, 1.82) is 0 Å². The van der Waals surface area contributed by atoms with E-state index in [0.29, 0.717) is 12.3 Å². The molecule has 0 aliphatic carbocycles. The zero-order valence-electron chi connectivity index (χ0n) is 10.4. The molecule has 0 aromatic heterocycles. The van der Waals surface area contributed by atoms with Crippen LogP contribution in [0.15, 0.2) is 12.7 Å². The Balaban J connectivity index is 2.19. The molecule has 1 atom stereocenters. The van der Waals surface area contributed by atoms with Gasteiger partial charge in [-0.3, -0.25) is 4.79 Å². The van der Waals surface area contributed by atoms with Gasteiger partial charge in [-0.1, -0.05) is 6.08 Å². The van der Waals surface area contributed by atoms with E-state index in [9.17, 15) is 4.79 Å². The van der Waals surface area contributed by atoms with Crippen LogP contribution in [0.4, 0.5) is 0 Å². The predicted octanol–water partition coefficient (Wildman–Crippen LogP) is 1.80. The maximum absolute atomic E-state index is 11.9. The maximum Gasteiger partial charge on any atom is 0.222 e.